The van der Waals surface area contributed by atoms with Crippen LogP contribution in [0.3, 0.4) is 0 Å². The zero-order valence-electron chi connectivity index (χ0n) is 16.9. The summed E-state index contributed by atoms with van der Waals surface area (Å²) in [7, 11) is 1.61. The number of carbonyl (C=O) groups excluding carboxylic acids is 1. The third kappa shape index (κ3) is 4.12. The molecule has 6 heteroatoms. The summed E-state index contributed by atoms with van der Waals surface area (Å²) in [5.41, 5.74) is 3.75. The topological polar surface area (TPSA) is 76.2 Å². The molecule has 152 valence electrons. The number of hydrogen-bond acceptors (Lipinski definition) is 4. The van der Waals surface area contributed by atoms with Crippen molar-refractivity contribution in [2.75, 3.05) is 19.0 Å². The number of para-hydroxylation sites is 1. The van der Waals surface area contributed by atoms with Gasteiger partial charge in [-0.15, -0.1) is 0 Å². The number of H-pyrrole nitrogens is 1. The molecule has 1 heterocycles. The number of nitrogens with zero attached hydrogens (tertiary/aromatic N) is 1. The van der Waals surface area contributed by atoms with Crippen molar-refractivity contribution < 1.29 is 14.3 Å². The predicted molar refractivity (Wildman–Crippen MR) is 118 cm³/mol. The fourth-order valence-corrected chi connectivity index (χ4v) is 3.41. The molecule has 6 nitrogen and oxygen atoms in total. The minimum Gasteiger partial charge on any atom is -0.497 e. The van der Waals surface area contributed by atoms with Crippen LogP contribution in [-0.2, 0) is 11.2 Å². The number of aromatic amines is 1. The molecule has 4 aromatic rings. The second-order valence-corrected chi connectivity index (χ2v) is 6.84. The summed E-state index contributed by atoms with van der Waals surface area (Å²) in [5, 5.41) is 11.1. The Bertz CT molecular complexity index is 1180. The van der Waals surface area contributed by atoms with Crippen LogP contribution < -0.4 is 14.8 Å². The van der Waals surface area contributed by atoms with E-state index in [1.807, 2.05) is 73.7 Å². The van der Waals surface area contributed by atoms with Crippen molar-refractivity contribution in [3.63, 3.8) is 0 Å². The van der Waals surface area contributed by atoms with E-state index in [1.165, 1.54) is 0 Å². The molecular weight excluding hydrogens is 378 g/mol. The minimum absolute atomic E-state index is 0.137. The molecule has 0 bridgehead atoms. The molecule has 0 aliphatic rings. The molecule has 0 saturated carbocycles. The molecule has 0 aliphatic heterocycles. The van der Waals surface area contributed by atoms with Crippen LogP contribution in [-0.4, -0.2) is 29.8 Å². The number of fused-ring (bicyclic) bond motifs is 1. The highest BCUT2D eigenvalue weighted by molar-refractivity contribution is 6.01. The van der Waals surface area contributed by atoms with Crippen LogP contribution in [0.1, 0.15) is 12.5 Å². The number of amides is 1. The molecule has 30 heavy (non-hydrogen) atoms. The van der Waals surface area contributed by atoms with Gasteiger partial charge in [0.2, 0.25) is 5.91 Å². The van der Waals surface area contributed by atoms with E-state index in [0.29, 0.717) is 12.4 Å². The van der Waals surface area contributed by atoms with Gasteiger partial charge in [0.15, 0.2) is 5.82 Å². The van der Waals surface area contributed by atoms with E-state index >= 15 is 0 Å². The lowest BCUT2D eigenvalue weighted by molar-refractivity contribution is -0.115. The smallest absolute Gasteiger partial charge is 0.230 e. The zero-order chi connectivity index (χ0) is 20.9. The number of benzene rings is 3. The first-order valence-electron chi connectivity index (χ1n) is 9.81. The molecule has 0 aliphatic carbocycles. The predicted octanol–water partition coefficient (Wildman–Crippen LogP) is 4.82. The molecule has 0 fully saturated rings. The number of methoxy groups -OCH3 is 1. The third-order valence-corrected chi connectivity index (χ3v) is 4.82. The number of ether oxygens (including phenoxy) is 2. The van der Waals surface area contributed by atoms with Crippen LogP contribution in [0.5, 0.6) is 11.5 Å². The van der Waals surface area contributed by atoms with Crippen LogP contribution in [0, 0.1) is 0 Å². The number of anilines is 1. The Labute approximate surface area is 174 Å². The van der Waals surface area contributed by atoms with E-state index in [4.69, 9.17) is 9.47 Å². The van der Waals surface area contributed by atoms with Crippen molar-refractivity contribution in [2.24, 2.45) is 0 Å². The van der Waals surface area contributed by atoms with Crippen LogP contribution in [0.4, 0.5) is 5.82 Å². The second kappa shape index (κ2) is 8.69. The Hall–Kier alpha value is -3.80. The average molecular weight is 401 g/mol. The highest BCUT2D eigenvalue weighted by Gasteiger charge is 2.13. The molecular formula is C24H23N3O3. The molecule has 0 atom stereocenters. The highest BCUT2D eigenvalue weighted by atomic mass is 16.5. The van der Waals surface area contributed by atoms with Crippen LogP contribution in [0.25, 0.3) is 22.0 Å². The lowest BCUT2D eigenvalue weighted by Crippen LogP contribution is -2.14. The molecule has 0 spiro atoms. The molecule has 0 radical (unpaired) electrons. The van der Waals surface area contributed by atoms with Gasteiger partial charge in [0.1, 0.15) is 11.5 Å². The average Bonchev–Trinajstić information content (AvgIpc) is 3.16. The van der Waals surface area contributed by atoms with E-state index < -0.39 is 0 Å². The van der Waals surface area contributed by atoms with Gasteiger partial charge >= 0.3 is 0 Å². The van der Waals surface area contributed by atoms with Gasteiger partial charge in [0, 0.05) is 10.9 Å². The first-order chi connectivity index (χ1) is 14.7. The Kier molecular flexibility index (Phi) is 5.66. The summed E-state index contributed by atoms with van der Waals surface area (Å²) in [6, 6.07) is 21.4. The van der Waals surface area contributed by atoms with Crippen molar-refractivity contribution in [2.45, 2.75) is 13.3 Å². The van der Waals surface area contributed by atoms with Gasteiger partial charge in [-0.3, -0.25) is 9.89 Å². The lowest BCUT2D eigenvalue weighted by atomic mass is 10.0. The normalized spacial score (nSPS) is 10.7. The minimum atomic E-state index is -0.137. The Morgan fingerprint density at radius 2 is 1.93 bits per heavy atom. The van der Waals surface area contributed by atoms with Gasteiger partial charge in [0.05, 0.1) is 25.7 Å². The summed E-state index contributed by atoms with van der Waals surface area (Å²) >= 11 is 0. The number of aromatic nitrogens is 2. The summed E-state index contributed by atoms with van der Waals surface area (Å²) in [4.78, 5) is 12.5. The lowest BCUT2D eigenvalue weighted by Gasteiger charge is -2.10. The molecule has 1 aromatic heterocycles. The Morgan fingerprint density at radius 1 is 1.07 bits per heavy atom. The summed E-state index contributed by atoms with van der Waals surface area (Å²) in [6.45, 7) is 2.57. The maximum atomic E-state index is 12.5. The number of rotatable bonds is 7. The molecule has 0 unspecified atom stereocenters. The summed E-state index contributed by atoms with van der Waals surface area (Å²) < 4.78 is 11.0. The van der Waals surface area contributed by atoms with Gasteiger partial charge in [-0.25, -0.2) is 0 Å². The number of carbonyl (C=O) groups is 1. The van der Waals surface area contributed by atoms with Crippen molar-refractivity contribution in [3.8, 4) is 22.6 Å². The van der Waals surface area contributed by atoms with Crippen LogP contribution in [0.2, 0.25) is 0 Å². The van der Waals surface area contributed by atoms with Crippen LogP contribution in [0.15, 0.2) is 66.7 Å². The van der Waals surface area contributed by atoms with E-state index in [9.17, 15) is 4.79 Å². The SMILES string of the molecule is CCOc1ccccc1-c1ccc2c(NC(=O)Cc3cccc(OC)c3)n[nH]c2c1. The fraction of sp³-hybridized carbons (Fsp3) is 0.167. The maximum absolute atomic E-state index is 12.5. The van der Waals surface area contributed by atoms with Crippen LogP contribution >= 0.6 is 0 Å². The van der Waals surface area contributed by atoms with Gasteiger partial charge in [0.25, 0.3) is 0 Å². The van der Waals surface area contributed by atoms with E-state index in [-0.39, 0.29) is 12.3 Å². The van der Waals surface area contributed by atoms with Gasteiger partial charge in [-0.1, -0.05) is 36.4 Å². The monoisotopic (exact) mass is 401 g/mol. The van der Waals surface area contributed by atoms with Gasteiger partial charge < -0.3 is 14.8 Å². The Balaban J connectivity index is 1.55. The van der Waals surface area contributed by atoms with E-state index in [0.717, 1.165) is 39.1 Å². The van der Waals surface area contributed by atoms with E-state index in [2.05, 4.69) is 15.5 Å². The molecule has 2 N–H and O–H groups in total. The molecule has 0 saturated heterocycles. The first kappa shape index (κ1) is 19.5. The van der Waals surface area contributed by atoms with E-state index in [1.54, 1.807) is 7.11 Å². The maximum Gasteiger partial charge on any atom is 0.230 e. The fourth-order valence-electron chi connectivity index (χ4n) is 3.41. The molecule has 3 aromatic carbocycles. The first-order valence-corrected chi connectivity index (χ1v) is 9.81. The third-order valence-electron chi connectivity index (χ3n) is 4.82. The van der Waals surface area contributed by atoms with Crippen molar-refractivity contribution in [1.82, 2.24) is 10.2 Å². The number of nitrogens with one attached hydrogen (secondary N) is 2. The highest BCUT2D eigenvalue weighted by Crippen LogP contribution is 2.33. The number of hydrogen-bond donors (Lipinski definition) is 2. The standard InChI is InChI=1S/C24H23N3O3/c1-3-30-22-10-5-4-9-19(22)17-11-12-20-21(15-17)26-27-24(20)25-23(28)14-16-7-6-8-18(13-16)29-2/h4-13,15H,3,14H2,1-2H3,(H2,25,26,27,28). The van der Waals surface area contributed by atoms with Gasteiger partial charge in [-0.05, 0) is 48.4 Å². The molecule has 4 rings (SSSR count). The quantitative estimate of drug-likeness (QED) is 0.466. The molecule has 1 amide bonds. The summed E-state index contributed by atoms with van der Waals surface area (Å²) in [5.74, 6) is 1.95. The van der Waals surface area contributed by atoms with Crippen molar-refractivity contribution in [1.29, 1.82) is 0 Å². The largest absolute Gasteiger partial charge is 0.497 e. The Morgan fingerprint density at radius 3 is 2.77 bits per heavy atom. The van der Waals surface area contributed by atoms with Gasteiger partial charge in [-0.2, -0.15) is 5.10 Å². The summed E-state index contributed by atoms with van der Waals surface area (Å²) in [6.07, 6.45) is 0.241. The van der Waals surface area contributed by atoms with Crippen molar-refractivity contribution in [3.05, 3.63) is 72.3 Å². The zero-order valence-corrected chi connectivity index (χ0v) is 16.9. The second-order valence-electron chi connectivity index (χ2n) is 6.84. The van der Waals surface area contributed by atoms with Crippen molar-refractivity contribution >= 4 is 22.6 Å².